The molecule has 2 heterocycles. The van der Waals surface area contributed by atoms with Gasteiger partial charge in [-0.1, -0.05) is 12.1 Å². The summed E-state index contributed by atoms with van der Waals surface area (Å²) in [6.07, 6.45) is 3.51. The van der Waals surface area contributed by atoms with Gasteiger partial charge in [-0.15, -0.1) is 0 Å². The number of carbonyl (C=O) groups excluding carboxylic acids is 1. The minimum Gasteiger partial charge on any atom is -0.355 e. The maximum absolute atomic E-state index is 13.4. The van der Waals surface area contributed by atoms with E-state index in [2.05, 4.69) is 10.3 Å². The fourth-order valence-electron chi connectivity index (χ4n) is 4.06. The first-order valence-corrected chi connectivity index (χ1v) is 11.9. The van der Waals surface area contributed by atoms with Gasteiger partial charge in [0.15, 0.2) is 0 Å². The summed E-state index contributed by atoms with van der Waals surface area (Å²) < 4.78 is 28.3. The van der Waals surface area contributed by atoms with E-state index in [-0.39, 0.29) is 11.8 Å². The highest BCUT2D eigenvalue weighted by atomic mass is 32.2. The Morgan fingerprint density at radius 2 is 1.73 bits per heavy atom. The van der Waals surface area contributed by atoms with E-state index in [4.69, 9.17) is 0 Å². The largest absolute Gasteiger partial charge is 0.355 e. The van der Waals surface area contributed by atoms with Crippen LogP contribution in [0.25, 0.3) is 0 Å². The maximum Gasteiger partial charge on any atom is 0.243 e. The molecule has 1 fully saturated rings. The average Bonchev–Trinajstić information content (AvgIpc) is 2.73. The van der Waals surface area contributed by atoms with Crippen molar-refractivity contribution >= 4 is 15.9 Å². The molecule has 1 saturated heterocycles. The monoisotopic (exact) mass is 429 g/mol. The first kappa shape index (κ1) is 22.4. The van der Waals surface area contributed by atoms with E-state index < -0.39 is 10.0 Å². The van der Waals surface area contributed by atoms with Crippen molar-refractivity contribution < 1.29 is 13.2 Å². The highest BCUT2D eigenvalue weighted by Gasteiger charge is 2.34. The summed E-state index contributed by atoms with van der Waals surface area (Å²) in [4.78, 5) is 17.2. The van der Waals surface area contributed by atoms with Crippen molar-refractivity contribution in [3.05, 3.63) is 58.4 Å². The summed E-state index contributed by atoms with van der Waals surface area (Å²) in [5.41, 5.74) is 4.54. The van der Waals surface area contributed by atoms with Crippen LogP contribution in [-0.4, -0.2) is 43.2 Å². The Balaban J connectivity index is 1.60. The third kappa shape index (κ3) is 4.73. The number of carbonyl (C=O) groups is 1. The van der Waals surface area contributed by atoms with Gasteiger partial charge in [-0.05, 0) is 74.9 Å². The van der Waals surface area contributed by atoms with Gasteiger partial charge in [0.1, 0.15) is 0 Å². The Labute approximate surface area is 179 Å². The molecule has 6 nitrogen and oxygen atoms in total. The number of pyridine rings is 1. The Morgan fingerprint density at radius 3 is 2.30 bits per heavy atom. The first-order valence-electron chi connectivity index (χ1n) is 10.5. The first-order chi connectivity index (χ1) is 14.2. The number of aryl methyl sites for hydroxylation is 2. The molecule has 1 aromatic carbocycles. The Morgan fingerprint density at radius 1 is 1.10 bits per heavy atom. The molecule has 0 atom stereocenters. The van der Waals surface area contributed by atoms with Crippen LogP contribution in [0.2, 0.25) is 0 Å². The number of nitrogens with one attached hydrogen (secondary N) is 1. The van der Waals surface area contributed by atoms with Gasteiger partial charge < -0.3 is 5.32 Å². The SMILES string of the molecule is Cc1cc(C)c(C)c(S(=O)(=O)N2CCC(C(=O)NCCc3ccccn3)CC2)c1C. The fourth-order valence-corrected chi connectivity index (χ4v) is 6.10. The molecule has 2 aromatic rings. The molecule has 0 bridgehead atoms. The lowest BCUT2D eigenvalue weighted by Gasteiger charge is -2.31. The van der Waals surface area contributed by atoms with Crippen LogP contribution in [0.15, 0.2) is 35.4 Å². The lowest BCUT2D eigenvalue weighted by molar-refractivity contribution is -0.126. The normalized spacial score (nSPS) is 15.9. The number of benzene rings is 1. The summed E-state index contributed by atoms with van der Waals surface area (Å²) in [5.74, 6) is -0.150. The van der Waals surface area contributed by atoms with Crippen LogP contribution >= 0.6 is 0 Å². The van der Waals surface area contributed by atoms with E-state index in [0.29, 0.717) is 43.8 Å². The van der Waals surface area contributed by atoms with Crippen LogP contribution in [0.4, 0.5) is 0 Å². The van der Waals surface area contributed by atoms with Gasteiger partial charge in [0, 0.05) is 43.9 Å². The number of sulfonamides is 1. The minimum absolute atomic E-state index is 0.00161. The van der Waals surface area contributed by atoms with Crippen LogP contribution < -0.4 is 5.32 Å². The fraction of sp³-hybridized carbons (Fsp3) is 0.478. The van der Waals surface area contributed by atoms with Crippen molar-refractivity contribution in [1.29, 1.82) is 0 Å². The molecule has 162 valence electrons. The van der Waals surface area contributed by atoms with Gasteiger partial charge in [0.2, 0.25) is 15.9 Å². The summed E-state index contributed by atoms with van der Waals surface area (Å²) in [5, 5.41) is 2.97. The number of hydrogen-bond donors (Lipinski definition) is 1. The van der Waals surface area contributed by atoms with Gasteiger partial charge >= 0.3 is 0 Å². The zero-order valence-corrected chi connectivity index (χ0v) is 19.1. The Bertz CT molecular complexity index is 985. The van der Waals surface area contributed by atoms with E-state index >= 15 is 0 Å². The lowest BCUT2D eigenvalue weighted by atomic mass is 9.97. The van der Waals surface area contributed by atoms with Gasteiger partial charge in [-0.2, -0.15) is 4.31 Å². The van der Waals surface area contributed by atoms with E-state index in [1.165, 1.54) is 0 Å². The van der Waals surface area contributed by atoms with Crippen LogP contribution in [0.1, 0.15) is 40.8 Å². The molecule has 0 saturated carbocycles. The number of piperidine rings is 1. The highest BCUT2D eigenvalue weighted by Crippen LogP contribution is 2.31. The number of rotatable bonds is 6. The molecular formula is C23H31N3O3S. The van der Waals surface area contributed by atoms with E-state index in [1.54, 1.807) is 10.5 Å². The van der Waals surface area contributed by atoms with Crippen molar-refractivity contribution in [2.75, 3.05) is 19.6 Å². The molecule has 30 heavy (non-hydrogen) atoms. The van der Waals surface area contributed by atoms with Gasteiger partial charge in [-0.25, -0.2) is 8.42 Å². The third-order valence-corrected chi connectivity index (χ3v) is 8.30. The molecule has 0 radical (unpaired) electrons. The van der Waals surface area contributed by atoms with Gasteiger partial charge in [-0.3, -0.25) is 9.78 Å². The van der Waals surface area contributed by atoms with E-state index in [0.717, 1.165) is 27.9 Å². The minimum atomic E-state index is -3.58. The molecule has 3 rings (SSSR count). The molecular weight excluding hydrogens is 398 g/mol. The second kappa shape index (κ2) is 9.27. The third-order valence-electron chi connectivity index (χ3n) is 6.13. The molecule has 1 aromatic heterocycles. The number of hydrogen-bond acceptors (Lipinski definition) is 4. The zero-order valence-electron chi connectivity index (χ0n) is 18.2. The Kier molecular flexibility index (Phi) is 6.93. The van der Waals surface area contributed by atoms with E-state index in [1.807, 2.05) is 52.0 Å². The lowest BCUT2D eigenvalue weighted by Crippen LogP contribution is -2.43. The van der Waals surface area contributed by atoms with Gasteiger partial charge in [0.25, 0.3) is 0 Å². The average molecular weight is 430 g/mol. The van der Waals surface area contributed by atoms with Gasteiger partial charge in [0.05, 0.1) is 4.90 Å². The topological polar surface area (TPSA) is 79.4 Å². The second-order valence-electron chi connectivity index (χ2n) is 8.13. The summed E-state index contributed by atoms with van der Waals surface area (Å²) in [7, 11) is -3.58. The molecule has 1 N–H and O–H groups in total. The predicted molar refractivity (Wildman–Crippen MR) is 118 cm³/mol. The highest BCUT2D eigenvalue weighted by molar-refractivity contribution is 7.89. The quantitative estimate of drug-likeness (QED) is 0.765. The molecule has 0 unspecified atom stereocenters. The van der Waals surface area contributed by atoms with Crippen LogP contribution in [0, 0.1) is 33.6 Å². The predicted octanol–water partition coefficient (Wildman–Crippen LogP) is 3.07. The molecule has 1 amide bonds. The van der Waals surface area contributed by atoms with Crippen LogP contribution in [0.5, 0.6) is 0 Å². The van der Waals surface area contributed by atoms with Crippen molar-refractivity contribution in [2.45, 2.75) is 51.9 Å². The molecule has 0 aliphatic carbocycles. The molecule has 1 aliphatic rings. The standard InChI is InChI=1S/C23H31N3O3S/c1-16-15-17(2)19(4)22(18(16)3)30(28,29)26-13-9-20(10-14-26)23(27)25-12-8-21-7-5-6-11-24-21/h5-7,11,15,20H,8-10,12-14H2,1-4H3,(H,25,27). The van der Waals surface area contributed by atoms with Crippen molar-refractivity contribution in [3.63, 3.8) is 0 Å². The molecule has 7 heteroatoms. The summed E-state index contributed by atoms with van der Waals surface area (Å²) in [6, 6.07) is 7.77. The maximum atomic E-state index is 13.4. The zero-order chi connectivity index (χ0) is 21.9. The number of aromatic nitrogens is 1. The van der Waals surface area contributed by atoms with Crippen LogP contribution in [0.3, 0.4) is 0 Å². The van der Waals surface area contributed by atoms with Crippen LogP contribution in [-0.2, 0) is 21.2 Å². The molecule has 0 spiro atoms. The number of nitrogens with zero attached hydrogens (tertiary/aromatic N) is 2. The molecule has 1 aliphatic heterocycles. The Hall–Kier alpha value is -2.25. The summed E-state index contributed by atoms with van der Waals surface area (Å²) in [6.45, 7) is 8.91. The van der Waals surface area contributed by atoms with Crippen molar-refractivity contribution in [3.8, 4) is 0 Å². The smallest absolute Gasteiger partial charge is 0.243 e. The van der Waals surface area contributed by atoms with E-state index in [9.17, 15) is 13.2 Å². The van der Waals surface area contributed by atoms with Crippen molar-refractivity contribution in [2.24, 2.45) is 5.92 Å². The second-order valence-corrected chi connectivity index (χ2v) is 10.0. The summed E-state index contributed by atoms with van der Waals surface area (Å²) >= 11 is 0. The number of amides is 1. The van der Waals surface area contributed by atoms with Crippen molar-refractivity contribution in [1.82, 2.24) is 14.6 Å².